The number of nitrogens with zero attached hydrogens (tertiary/aromatic N) is 3. The average molecular weight is 784 g/mol. The second-order valence-corrected chi connectivity index (χ2v) is 15.0. The predicted octanol–water partition coefficient (Wildman–Crippen LogP) is 16.2. The van der Waals surface area contributed by atoms with Crippen molar-refractivity contribution < 1.29 is 5.48 Å². The Morgan fingerprint density at radius 2 is 0.836 bits per heavy atom. The van der Waals surface area contributed by atoms with Crippen molar-refractivity contribution in [2.45, 2.75) is 0 Å². The highest BCUT2D eigenvalue weighted by atomic mass is 15.1. The first-order valence-electron chi connectivity index (χ1n) is 22.5. The molecule has 0 unspecified atom stereocenters. The Kier molecular flexibility index (Phi) is 8.11. The zero-order valence-electron chi connectivity index (χ0n) is 37.2. The van der Waals surface area contributed by atoms with Crippen molar-refractivity contribution in [2.75, 3.05) is 9.80 Å². The summed E-state index contributed by atoms with van der Waals surface area (Å²) in [5.74, 6) is 0. The second kappa shape index (κ2) is 15.6. The molecule has 0 radical (unpaired) electrons. The third-order valence-corrected chi connectivity index (χ3v) is 11.4. The Hall–Kier alpha value is -8.14. The molecule has 0 saturated carbocycles. The fraction of sp³-hybridized carbons (Fsp3) is 0. The van der Waals surface area contributed by atoms with Crippen LogP contribution in [0.4, 0.5) is 34.1 Å². The van der Waals surface area contributed by atoms with Crippen LogP contribution in [0, 0.1) is 0 Å². The van der Waals surface area contributed by atoms with Gasteiger partial charge in [0.1, 0.15) is 0 Å². The predicted molar refractivity (Wildman–Crippen MR) is 259 cm³/mol. The zero-order valence-corrected chi connectivity index (χ0v) is 33.2. The minimum atomic E-state index is -0.126. The quantitative estimate of drug-likeness (QED) is 0.144. The Morgan fingerprint density at radius 3 is 1.56 bits per heavy atom. The van der Waals surface area contributed by atoms with Crippen LogP contribution in [0.2, 0.25) is 0 Å². The number of para-hydroxylation sites is 4. The lowest BCUT2D eigenvalue weighted by Gasteiger charge is -2.27. The zero-order chi connectivity index (χ0) is 44.0. The van der Waals surface area contributed by atoms with E-state index >= 15 is 0 Å². The van der Waals surface area contributed by atoms with Gasteiger partial charge in [0.05, 0.1) is 22.2 Å². The third-order valence-electron chi connectivity index (χ3n) is 11.4. The fourth-order valence-corrected chi connectivity index (χ4v) is 8.64. The van der Waals surface area contributed by atoms with Gasteiger partial charge in [0.25, 0.3) is 0 Å². The molecule has 3 nitrogen and oxygen atoms in total. The smallest absolute Gasteiger partial charge is 0.0645 e. The first kappa shape index (κ1) is 31.8. The number of fused-ring (bicyclic) bond motifs is 4. The molecule has 0 bridgehead atoms. The molecule has 0 aliphatic heterocycles. The Labute approximate surface area is 361 Å². The molecule has 11 aromatic rings. The maximum Gasteiger partial charge on any atom is 0.0645 e. The summed E-state index contributed by atoms with van der Waals surface area (Å²) >= 11 is 0. The molecule has 1 aromatic heterocycles. The van der Waals surface area contributed by atoms with E-state index in [9.17, 15) is 5.48 Å². The molecule has 61 heavy (non-hydrogen) atoms. The number of anilines is 6. The molecule has 288 valence electrons. The molecule has 10 aromatic carbocycles. The van der Waals surface area contributed by atoms with Gasteiger partial charge in [-0.3, -0.25) is 0 Å². The monoisotopic (exact) mass is 783 g/mol. The maximum atomic E-state index is 9.64. The van der Waals surface area contributed by atoms with Gasteiger partial charge >= 0.3 is 0 Å². The van der Waals surface area contributed by atoms with Crippen molar-refractivity contribution in [3.8, 4) is 27.9 Å². The molecule has 0 aliphatic carbocycles. The first-order valence-corrected chi connectivity index (χ1v) is 20.5. The average Bonchev–Trinajstić information content (AvgIpc) is 3.70. The Bertz CT molecular complexity index is 3490. The summed E-state index contributed by atoms with van der Waals surface area (Å²) in [4.78, 5) is 4.09. The Balaban J connectivity index is 1.06. The van der Waals surface area contributed by atoms with E-state index in [1.165, 1.54) is 0 Å². The lowest BCUT2D eigenvalue weighted by Crippen LogP contribution is -2.10. The molecule has 3 heteroatoms. The fourth-order valence-electron chi connectivity index (χ4n) is 8.64. The van der Waals surface area contributed by atoms with Crippen LogP contribution in [0.1, 0.15) is 5.48 Å². The number of hydrogen-bond acceptors (Lipinski definition) is 2. The van der Waals surface area contributed by atoms with Crippen LogP contribution in [0.3, 0.4) is 0 Å². The molecule has 0 atom stereocenters. The molecule has 0 amide bonds. The summed E-state index contributed by atoms with van der Waals surface area (Å²) in [6, 6.07) is 75.3. The molecular formula is C58H41N3. The van der Waals surface area contributed by atoms with E-state index in [1.807, 2.05) is 126 Å². The second-order valence-electron chi connectivity index (χ2n) is 15.0. The number of rotatable bonds is 9. The van der Waals surface area contributed by atoms with Crippen LogP contribution in [0.5, 0.6) is 0 Å². The van der Waals surface area contributed by atoms with Gasteiger partial charge in [0.2, 0.25) is 0 Å². The van der Waals surface area contributed by atoms with E-state index in [2.05, 4.69) is 113 Å². The summed E-state index contributed by atoms with van der Waals surface area (Å²) in [5.41, 5.74) is 10.8. The van der Waals surface area contributed by atoms with Gasteiger partial charge in [-0.15, -0.1) is 0 Å². The molecule has 0 saturated heterocycles. The molecule has 11 rings (SSSR count). The van der Waals surface area contributed by atoms with Crippen LogP contribution in [-0.4, -0.2) is 4.57 Å². The minimum absolute atomic E-state index is 0.110. The van der Waals surface area contributed by atoms with Crippen LogP contribution >= 0.6 is 0 Å². The topological polar surface area (TPSA) is 11.4 Å². The van der Waals surface area contributed by atoms with Crippen molar-refractivity contribution in [3.63, 3.8) is 0 Å². The van der Waals surface area contributed by atoms with Crippen molar-refractivity contribution >= 4 is 66.7 Å². The van der Waals surface area contributed by atoms with E-state index in [0.717, 1.165) is 77.8 Å². The highest BCUT2D eigenvalue weighted by Gasteiger charge is 2.20. The molecule has 0 aliphatic rings. The van der Waals surface area contributed by atoms with Gasteiger partial charge in [-0.1, -0.05) is 158 Å². The first-order chi connectivity index (χ1) is 32.0. The normalized spacial score (nSPS) is 12.2. The van der Waals surface area contributed by atoms with E-state index in [4.69, 9.17) is 0 Å². The molecule has 1 heterocycles. The van der Waals surface area contributed by atoms with Gasteiger partial charge in [0, 0.05) is 50.3 Å². The van der Waals surface area contributed by atoms with Crippen LogP contribution in [0.15, 0.2) is 249 Å². The van der Waals surface area contributed by atoms with E-state index in [1.54, 1.807) is 0 Å². The summed E-state index contributed by atoms with van der Waals surface area (Å²) in [6.07, 6.45) is 0. The largest absolute Gasteiger partial charge is 0.311 e. The maximum absolute atomic E-state index is 9.64. The number of hydrogen-bond donors (Lipinski definition) is 0. The molecular weight excluding hydrogens is 739 g/mol. The summed E-state index contributed by atoms with van der Waals surface area (Å²) in [6.45, 7) is 0. The summed E-state index contributed by atoms with van der Waals surface area (Å²) in [7, 11) is 0. The number of benzene rings is 10. The van der Waals surface area contributed by atoms with Gasteiger partial charge in [0.15, 0.2) is 0 Å². The molecule has 0 N–H and O–H groups in total. The van der Waals surface area contributed by atoms with E-state index < -0.39 is 0 Å². The SMILES string of the molecule is [2H]c1c([2H])c(N(c2ccccc2)c2ccc(-c3ccccc3)cc2)c([2H])c([2H])c1-c1cccc2c(N(c3ccccc3)c3ccc4c(c3)c3ccccc3n4-c3ccccc3)cccc12. The highest BCUT2D eigenvalue weighted by molar-refractivity contribution is 6.12. The van der Waals surface area contributed by atoms with Crippen LogP contribution < -0.4 is 9.80 Å². The van der Waals surface area contributed by atoms with Gasteiger partial charge < -0.3 is 14.4 Å². The molecule has 0 fully saturated rings. The molecule has 0 spiro atoms. The van der Waals surface area contributed by atoms with E-state index in [0.29, 0.717) is 5.56 Å². The van der Waals surface area contributed by atoms with Gasteiger partial charge in [-0.25, -0.2) is 0 Å². The lowest BCUT2D eigenvalue weighted by atomic mass is 9.96. The lowest BCUT2D eigenvalue weighted by molar-refractivity contribution is 1.18. The standard InChI is InChI=1S/C58H41N3/c1-5-17-42(18-6-1)43-31-35-48(36-32-43)59(45-19-7-2-8-20-45)49-37-33-44(34-38-49)51-26-15-28-53-52(51)27-16-30-56(53)60(46-21-9-3-10-22-46)50-39-40-58-55(41-50)54-25-13-14-29-57(54)61(58)47-23-11-4-12-24-47/h1-41H/i33D,34D,37D,38D. The Morgan fingerprint density at radius 1 is 0.311 bits per heavy atom. The third kappa shape index (κ3) is 6.59. The van der Waals surface area contributed by atoms with Crippen molar-refractivity contribution in [3.05, 3.63) is 249 Å². The summed E-state index contributed by atoms with van der Waals surface area (Å²) < 4.78 is 40.8. The minimum Gasteiger partial charge on any atom is -0.311 e. The van der Waals surface area contributed by atoms with Crippen molar-refractivity contribution in [1.29, 1.82) is 0 Å². The van der Waals surface area contributed by atoms with Crippen molar-refractivity contribution in [1.82, 2.24) is 4.57 Å². The number of aromatic nitrogens is 1. The summed E-state index contributed by atoms with van der Waals surface area (Å²) in [5, 5.41) is 4.01. The highest BCUT2D eigenvalue weighted by Crippen LogP contribution is 2.44. The van der Waals surface area contributed by atoms with Gasteiger partial charge in [-0.05, 0) is 119 Å². The van der Waals surface area contributed by atoms with Crippen LogP contribution in [-0.2, 0) is 0 Å². The van der Waals surface area contributed by atoms with E-state index in [-0.39, 0.29) is 35.4 Å². The van der Waals surface area contributed by atoms with Crippen molar-refractivity contribution in [2.24, 2.45) is 0 Å². The van der Waals surface area contributed by atoms with Crippen LogP contribution in [0.25, 0.3) is 60.5 Å². The van der Waals surface area contributed by atoms with Gasteiger partial charge in [-0.2, -0.15) is 0 Å².